The Labute approximate surface area is 263 Å². The third-order valence-corrected chi connectivity index (χ3v) is 8.56. The topological polar surface area (TPSA) is 104 Å². The number of carbonyl (C=O) groups is 3. The summed E-state index contributed by atoms with van der Waals surface area (Å²) in [6, 6.07) is 19.1. The van der Waals surface area contributed by atoms with Crippen LogP contribution in [0.4, 0.5) is 10.6 Å². The highest BCUT2D eigenvalue weighted by molar-refractivity contribution is 6.21. The molecule has 0 spiro atoms. The van der Waals surface area contributed by atoms with Crippen LogP contribution in [0.2, 0.25) is 0 Å². The minimum Gasteiger partial charge on any atom is -0.428 e. The number of hydrogen-bond donors (Lipinski definition) is 0. The van der Waals surface area contributed by atoms with Gasteiger partial charge in [-0.3, -0.25) is 9.59 Å². The molecule has 2 atom stereocenters. The predicted molar refractivity (Wildman–Crippen MR) is 172 cm³/mol. The molecule has 45 heavy (non-hydrogen) atoms. The van der Waals surface area contributed by atoms with Gasteiger partial charge >= 0.3 is 6.16 Å². The maximum atomic E-state index is 13.3. The van der Waals surface area contributed by atoms with Gasteiger partial charge in [0.05, 0.1) is 18.4 Å². The molecule has 9 heteroatoms. The molecule has 1 aliphatic carbocycles. The Morgan fingerprint density at radius 2 is 1.60 bits per heavy atom. The number of rotatable bonds is 8. The van der Waals surface area contributed by atoms with Crippen LogP contribution in [0.25, 0.3) is 22.3 Å². The molecule has 0 radical (unpaired) electrons. The largest absolute Gasteiger partial charge is 0.514 e. The van der Waals surface area contributed by atoms with Gasteiger partial charge in [-0.2, -0.15) is 0 Å². The molecule has 1 saturated heterocycles. The summed E-state index contributed by atoms with van der Waals surface area (Å²) in [6.07, 6.45) is 5.55. The quantitative estimate of drug-likeness (QED) is 0.116. The van der Waals surface area contributed by atoms with Crippen LogP contribution in [0.15, 0.2) is 60.7 Å². The minimum atomic E-state index is -0.749. The maximum Gasteiger partial charge on any atom is 0.514 e. The molecule has 1 saturated carbocycles. The van der Waals surface area contributed by atoms with Crippen LogP contribution in [0, 0.1) is 11.8 Å². The van der Waals surface area contributed by atoms with Gasteiger partial charge in [-0.25, -0.2) is 19.7 Å². The van der Waals surface area contributed by atoms with Crippen molar-refractivity contribution in [3.63, 3.8) is 0 Å². The zero-order chi connectivity index (χ0) is 31.7. The summed E-state index contributed by atoms with van der Waals surface area (Å²) < 4.78 is 13.0. The minimum absolute atomic E-state index is 0.125. The second kappa shape index (κ2) is 12.5. The van der Waals surface area contributed by atoms with Crippen molar-refractivity contribution in [2.45, 2.75) is 84.8 Å². The molecule has 2 amide bonds. The van der Waals surface area contributed by atoms with E-state index in [9.17, 15) is 14.4 Å². The van der Waals surface area contributed by atoms with E-state index in [1.54, 1.807) is 32.9 Å². The average Bonchev–Trinajstić information content (AvgIpc) is 3.48. The Bertz CT molecular complexity index is 1710. The number of carbonyl (C=O) groups excluding carboxylic acids is 3. The fourth-order valence-corrected chi connectivity index (χ4v) is 6.37. The lowest BCUT2D eigenvalue weighted by Crippen LogP contribution is -2.31. The summed E-state index contributed by atoms with van der Waals surface area (Å²) in [5.41, 5.74) is 3.45. The molecule has 0 unspecified atom stereocenters. The summed E-state index contributed by atoms with van der Waals surface area (Å²) in [5, 5.41) is 0. The van der Waals surface area contributed by atoms with Crippen molar-refractivity contribution in [1.82, 2.24) is 14.5 Å². The third kappa shape index (κ3) is 6.34. The highest BCUT2D eigenvalue weighted by Gasteiger charge is 2.49. The van der Waals surface area contributed by atoms with E-state index in [-0.39, 0.29) is 23.7 Å². The Morgan fingerprint density at radius 1 is 0.911 bits per heavy atom. The standard InChI is InChI=1S/C36H40N4O5/c1-5-6-15-30-37-28-20-21-31(40-33(41)26-12-7-8-13-27(26)34(40)42)38-32(28)39(30)22-23-16-18-24(19-17-23)25-11-9-10-14-29(25)44-35(43)45-36(2,3)4/h9-11,14,16-21,26-27H,5-8,12-13,15,22H2,1-4H3/t26-,27+. The molecule has 6 rings (SSSR count). The Balaban J connectivity index is 1.29. The molecule has 2 aromatic carbocycles. The van der Waals surface area contributed by atoms with Crippen molar-refractivity contribution in [2.75, 3.05) is 4.90 Å². The van der Waals surface area contributed by atoms with E-state index in [1.807, 2.05) is 48.5 Å². The number of nitrogens with zero attached hydrogens (tertiary/aromatic N) is 4. The predicted octanol–water partition coefficient (Wildman–Crippen LogP) is 7.48. The van der Waals surface area contributed by atoms with Gasteiger partial charge in [-0.1, -0.05) is 68.7 Å². The van der Waals surface area contributed by atoms with Crippen LogP contribution in [0.5, 0.6) is 5.75 Å². The number of ether oxygens (including phenoxy) is 2. The SMILES string of the molecule is CCCCc1nc2ccc(N3C(=O)[C@H]4CCCC[C@H]4C3=O)nc2n1Cc1ccc(-c2ccccc2OC(=O)OC(C)(C)C)cc1. The lowest BCUT2D eigenvalue weighted by molar-refractivity contribution is -0.122. The fraction of sp³-hybridized carbons (Fsp3) is 0.417. The lowest BCUT2D eigenvalue weighted by atomic mass is 9.81. The number of unbranched alkanes of at least 4 members (excludes halogenated alkanes) is 1. The van der Waals surface area contributed by atoms with E-state index < -0.39 is 11.8 Å². The first-order valence-corrected chi connectivity index (χ1v) is 16.0. The van der Waals surface area contributed by atoms with E-state index >= 15 is 0 Å². The third-order valence-electron chi connectivity index (χ3n) is 8.56. The molecule has 9 nitrogen and oxygen atoms in total. The first-order valence-electron chi connectivity index (χ1n) is 16.0. The highest BCUT2D eigenvalue weighted by Crippen LogP contribution is 2.40. The number of para-hydroxylation sites is 1. The molecule has 2 fully saturated rings. The van der Waals surface area contributed by atoms with E-state index in [0.717, 1.165) is 73.0 Å². The second-order valence-corrected chi connectivity index (χ2v) is 13.0. The van der Waals surface area contributed by atoms with Gasteiger partial charge in [0.2, 0.25) is 11.8 Å². The number of aromatic nitrogens is 3. The van der Waals surface area contributed by atoms with Crippen molar-refractivity contribution in [2.24, 2.45) is 11.8 Å². The number of anilines is 1. The zero-order valence-electron chi connectivity index (χ0n) is 26.4. The average molecular weight is 609 g/mol. The summed E-state index contributed by atoms with van der Waals surface area (Å²) in [7, 11) is 0. The van der Waals surface area contributed by atoms with Gasteiger partial charge in [0, 0.05) is 12.0 Å². The van der Waals surface area contributed by atoms with Crippen LogP contribution >= 0.6 is 0 Å². The molecule has 0 bridgehead atoms. The number of pyridine rings is 1. The summed E-state index contributed by atoms with van der Waals surface area (Å²) in [4.78, 5) is 50.1. The van der Waals surface area contributed by atoms with Gasteiger partial charge in [0.1, 0.15) is 28.5 Å². The Morgan fingerprint density at radius 3 is 2.27 bits per heavy atom. The van der Waals surface area contributed by atoms with Crippen LogP contribution in [-0.4, -0.2) is 38.1 Å². The summed E-state index contributed by atoms with van der Waals surface area (Å²) in [5.74, 6) is 1.01. The Kier molecular flexibility index (Phi) is 8.44. The Hall–Kier alpha value is -4.53. The van der Waals surface area contributed by atoms with Gasteiger partial charge < -0.3 is 14.0 Å². The van der Waals surface area contributed by atoms with Crippen molar-refractivity contribution >= 4 is 35.0 Å². The number of hydrogen-bond acceptors (Lipinski definition) is 7. The van der Waals surface area contributed by atoms with E-state index in [1.165, 1.54) is 4.90 Å². The molecule has 2 aromatic heterocycles. The first kappa shape index (κ1) is 30.5. The van der Waals surface area contributed by atoms with Crippen molar-refractivity contribution in [3.05, 3.63) is 72.1 Å². The van der Waals surface area contributed by atoms with Crippen molar-refractivity contribution in [3.8, 4) is 16.9 Å². The molecule has 234 valence electrons. The highest BCUT2D eigenvalue weighted by atomic mass is 16.7. The monoisotopic (exact) mass is 608 g/mol. The van der Waals surface area contributed by atoms with Gasteiger partial charge in [0.15, 0.2) is 5.65 Å². The smallest absolute Gasteiger partial charge is 0.428 e. The van der Waals surface area contributed by atoms with Crippen LogP contribution in [-0.2, 0) is 27.3 Å². The van der Waals surface area contributed by atoms with Crippen molar-refractivity contribution < 1.29 is 23.9 Å². The second-order valence-electron chi connectivity index (χ2n) is 13.0. The van der Waals surface area contributed by atoms with Crippen molar-refractivity contribution in [1.29, 1.82) is 0 Å². The first-order chi connectivity index (χ1) is 21.6. The normalized spacial score (nSPS) is 18.4. The van der Waals surface area contributed by atoms with Gasteiger partial charge in [-0.05, 0) is 69.4 Å². The summed E-state index contributed by atoms with van der Waals surface area (Å²) in [6.45, 7) is 8.06. The number of benzene rings is 2. The number of amides is 2. The fourth-order valence-electron chi connectivity index (χ4n) is 6.37. The number of imide groups is 1. The van der Waals surface area contributed by atoms with Crippen LogP contribution in [0.1, 0.15) is 77.6 Å². The number of aryl methyl sites for hydroxylation is 1. The number of fused-ring (bicyclic) bond motifs is 2. The molecule has 2 aliphatic rings. The van der Waals surface area contributed by atoms with Crippen LogP contribution < -0.4 is 9.64 Å². The van der Waals surface area contributed by atoms with Gasteiger partial charge in [0.25, 0.3) is 0 Å². The van der Waals surface area contributed by atoms with Gasteiger partial charge in [-0.15, -0.1) is 0 Å². The molecule has 4 aromatic rings. The van der Waals surface area contributed by atoms with E-state index in [4.69, 9.17) is 19.4 Å². The molecule has 1 aliphatic heterocycles. The summed E-state index contributed by atoms with van der Waals surface area (Å²) >= 11 is 0. The lowest BCUT2D eigenvalue weighted by Gasteiger charge is -2.19. The van der Waals surface area contributed by atoms with Crippen LogP contribution in [0.3, 0.4) is 0 Å². The maximum absolute atomic E-state index is 13.3. The molecule has 0 N–H and O–H groups in total. The zero-order valence-corrected chi connectivity index (χ0v) is 26.4. The van der Waals surface area contributed by atoms with E-state index in [2.05, 4.69) is 11.5 Å². The molecule has 3 heterocycles. The molecular weight excluding hydrogens is 568 g/mol. The number of imidazole rings is 1. The molecular formula is C36H40N4O5. The van der Waals surface area contributed by atoms with E-state index in [0.29, 0.717) is 23.8 Å².